The van der Waals surface area contributed by atoms with Gasteiger partial charge in [0.15, 0.2) is 5.01 Å². The first-order valence-corrected chi connectivity index (χ1v) is 6.02. The molecule has 2 rings (SSSR count). The van der Waals surface area contributed by atoms with Crippen molar-refractivity contribution in [2.75, 3.05) is 5.32 Å². The van der Waals surface area contributed by atoms with Crippen molar-refractivity contribution in [1.29, 1.82) is 0 Å². The van der Waals surface area contributed by atoms with Gasteiger partial charge in [-0.2, -0.15) is 13.2 Å². The van der Waals surface area contributed by atoms with Crippen LogP contribution in [0.4, 0.5) is 18.2 Å². The van der Waals surface area contributed by atoms with Crippen molar-refractivity contribution in [3.8, 4) is 0 Å². The minimum absolute atomic E-state index is 0.0164. The zero-order valence-corrected chi connectivity index (χ0v) is 10.6. The number of halogens is 4. The Morgan fingerprint density at radius 2 is 2.11 bits per heavy atom. The van der Waals surface area contributed by atoms with Gasteiger partial charge in [-0.1, -0.05) is 22.9 Å². The van der Waals surface area contributed by atoms with Gasteiger partial charge < -0.3 is 5.32 Å². The Kier molecular flexibility index (Phi) is 3.72. The first kappa shape index (κ1) is 13.8. The van der Waals surface area contributed by atoms with E-state index in [2.05, 4.69) is 15.3 Å². The first-order valence-electron chi connectivity index (χ1n) is 4.83. The van der Waals surface area contributed by atoms with E-state index in [1.807, 2.05) is 0 Å². The Morgan fingerprint density at radius 3 is 2.68 bits per heavy atom. The van der Waals surface area contributed by atoms with Crippen LogP contribution in [0.3, 0.4) is 0 Å². The molecule has 0 saturated heterocycles. The molecule has 1 N–H and O–H groups in total. The normalized spacial score (nSPS) is 11.4. The summed E-state index contributed by atoms with van der Waals surface area (Å²) < 4.78 is 37.0. The number of hydrogen-bond acceptors (Lipinski definition) is 4. The van der Waals surface area contributed by atoms with Gasteiger partial charge in [0.25, 0.3) is 5.91 Å². The van der Waals surface area contributed by atoms with E-state index in [-0.39, 0.29) is 15.7 Å². The fraction of sp³-hybridized carbons (Fsp3) is 0.100. The molecule has 0 aliphatic rings. The number of rotatable bonds is 2. The summed E-state index contributed by atoms with van der Waals surface area (Å²) in [5, 5.41) is 1.21. The van der Waals surface area contributed by atoms with E-state index >= 15 is 0 Å². The summed E-state index contributed by atoms with van der Waals surface area (Å²) in [4.78, 5) is 18.6. The average molecular weight is 308 g/mol. The summed E-state index contributed by atoms with van der Waals surface area (Å²) in [5.74, 6) is -0.643. The van der Waals surface area contributed by atoms with Crippen LogP contribution >= 0.6 is 22.9 Å². The van der Waals surface area contributed by atoms with Crippen LogP contribution in [0, 0.1) is 0 Å². The Labute approximate surface area is 114 Å². The summed E-state index contributed by atoms with van der Waals surface area (Å²) in [5.41, 5.74) is 0.0751. The maximum atomic E-state index is 12.3. The predicted octanol–water partition coefficient (Wildman–Crippen LogP) is 3.46. The highest BCUT2D eigenvalue weighted by Gasteiger charge is 2.34. The van der Waals surface area contributed by atoms with Crippen LogP contribution in [0.1, 0.15) is 15.4 Å². The number of nitrogens with one attached hydrogen (secondary N) is 1. The van der Waals surface area contributed by atoms with Crippen molar-refractivity contribution >= 4 is 33.8 Å². The fourth-order valence-electron chi connectivity index (χ4n) is 1.20. The zero-order chi connectivity index (χ0) is 14.0. The highest BCUT2D eigenvalue weighted by molar-refractivity contribution is 7.16. The number of anilines is 1. The standard InChI is InChI=1S/C10H5ClF3N3OS/c11-7-5(2-1-3-15-7)8(18)17-6-4-16-9(19-6)10(12,13)14/h1-4H,(H,17,18). The summed E-state index contributed by atoms with van der Waals surface area (Å²) in [7, 11) is 0. The molecule has 19 heavy (non-hydrogen) atoms. The van der Waals surface area contributed by atoms with Gasteiger partial charge in [-0.3, -0.25) is 4.79 Å². The minimum Gasteiger partial charge on any atom is -0.312 e. The van der Waals surface area contributed by atoms with E-state index in [1.54, 1.807) is 0 Å². The second-order valence-corrected chi connectivity index (χ2v) is 4.71. The number of carbonyl (C=O) groups excluding carboxylic acids is 1. The van der Waals surface area contributed by atoms with Crippen molar-refractivity contribution in [2.24, 2.45) is 0 Å². The van der Waals surface area contributed by atoms with Gasteiger partial charge in [-0.15, -0.1) is 0 Å². The molecule has 2 heterocycles. The molecule has 0 bridgehead atoms. The van der Waals surface area contributed by atoms with Crippen LogP contribution in [0.5, 0.6) is 0 Å². The smallest absolute Gasteiger partial charge is 0.312 e. The number of nitrogens with zero attached hydrogens (tertiary/aromatic N) is 2. The Bertz CT molecular complexity index is 614. The molecule has 0 aromatic carbocycles. The molecule has 0 fully saturated rings. The van der Waals surface area contributed by atoms with E-state index in [0.29, 0.717) is 11.3 Å². The second kappa shape index (κ2) is 5.14. The first-order chi connectivity index (χ1) is 8.88. The van der Waals surface area contributed by atoms with Crippen LogP contribution in [-0.2, 0) is 6.18 Å². The number of carbonyl (C=O) groups is 1. The van der Waals surface area contributed by atoms with Gasteiger partial charge in [0.2, 0.25) is 0 Å². The van der Waals surface area contributed by atoms with E-state index in [1.165, 1.54) is 18.3 Å². The molecule has 100 valence electrons. The van der Waals surface area contributed by atoms with Crippen molar-refractivity contribution in [3.05, 3.63) is 40.3 Å². The van der Waals surface area contributed by atoms with Crippen LogP contribution in [0.25, 0.3) is 0 Å². The molecular weight excluding hydrogens is 303 g/mol. The van der Waals surface area contributed by atoms with Gasteiger partial charge in [-0.05, 0) is 12.1 Å². The Morgan fingerprint density at radius 1 is 1.37 bits per heavy atom. The van der Waals surface area contributed by atoms with Crippen LogP contribution in [-0.4, -0.2) is 15.9 Å². The van der Waals surface area contributed by atoms with E-state index in [9.17, 15) is 18.0 Å². The molecule has 0 unspecified atom stereocenters. The Hall–Kier alpha value is -1.67. The number of thiazole rings is 1. The van der Waals surface area contributed by atoms with E-state index < -0.39 is 17.1 Å². The maximum absolute atomic E-state index is 12.3. The largest absolute Gasteiger partial charge is 0.443 e. The molecule has 0 aliphatic carbocycles. The molecule has 0 atom stereocenters. The zero-order valence-electron chi connectivity index (χ0n) is 9.03. The van der Waals surface area contributed by atoms with Gasteiger partial charge in [-0.25, -0.2) is 9.97 Å². The third-order valence-electron chi connectivity index (χ3n) is 1.99. The molecule has 0 spiro atoms. The molecule has 0 radical (unpaired) electrons. The van der Waals surface area contributed by atoms with E-state index in [4.69, 9.17) is 11.6 Å². The molecule has 9 heteroatoms. The summed E-state index contributed by atoms with van der Waals surface area (Å²) in [6.07, 6.45) is -2.19. The molecular formula is C10H5ClF3N3OS. The van der Waals surface area contributed by atoms with Crippen LogP contribution < -0.4 is 5.32 Å². The topological polar surface area (TPSA) is 54.9 Å². The lowest BCUT2D eigenvalue weighted by atomic mass is 10.3. The highest BCUT2D eigenvalue weighted by atomic mass is 35.5. The maximum Gasteiger partial charge on any atom is 0.443 e. The van der Waals surface area contributed by atoms with Crippen molar-refractivity contribution in [3.63, 3.8) is 0 Å². The SMILES string of the molecule is O=C(Nc1cnc(C(F)(F)F)s1)c1cccnc1Cl. The van der Waals surface area contributed by atoms with Crippen LogP contribution in [0.2, 0.25) is 5.15 Å². The molecule has 4 nitrogen and oxygen atoms in total. The lowest BCUT2D eigenvalue weighted by Gasteiger charge is -2.03. The third kappa shape index (κ3) is 3.21. The summed E-state index contributed by atoms with van der Waals surface area (Å²) >= 11 is 6.04. The van der Waals surface area contributed by atoms with Gasteiger partial charge in [0.1, 0.15) is 10.2 Å². The molecule has 2 aromatic rings. The molecule has 1 amide bonds. The van der Waals surface area contributed by atoms with Gasteiger partial charge in [0, 0.05) is 6.20 Å². The lowest BCUT2D eigenvalue weighted by molar-refractivity contribution is -0.137. The minimum atomic E-state index is -4.53. The molecule has 0 saturated carbocycles. The quantitative estimate of drug-likeness (QED) is 0.864. The number of aromatic nitrogens is 2. The average Bonchev–Trinajstić information content (AvgIpc) is 2.77. The lowest BCUT2D eigenvalue weighted by Crippen LogP contribution is -2.11. The van der Waals surface area contributed by atoms with Gasteiger partial charge >= 0.3 is 6.18 Å². The number of alkyl halides is 3. The van der Waals surface area contributed by atoms with Crippen LogP contribution in [0.15, 0.2) is 24.5 Å². The summed E-state index contributed by atoms with van der Waals surface area (Å²) in [6.45, 7) is 0. The third-order valence-corrected chi connectivity index (χ3v) is 3.25. The van der Waals surface area contributed by atoms with Gasteiger partial charge in [0.05, 0.1) is 11.8 Å². The highest BCUT2D eigenvalue weighted by Crippen LogP contribution is 2.34. The molecule has 0 aliphatic heterocycles. The Balaban J connectivity index is 2.16. The fourth-order valence-corrected chi connectivity index (χ4v) is 2.08. The van der Waals surface area contributed by atoms with E-state index in [0.717, 1.165) is 6.20 Å². The second-order valence-electron chi connectivity index (χ2n) is 3.32. The summed E-state index contributed by atoms with van der Waals surface area (Å²) in [6, 6.07) is 2.91. The van der Waals surface area contributed by atoms with Crippen molar-refractivity contribution < 1.29 is 18.0 Å². The van der Waals surface area contributed by atoms with Crippen molar-refractivity contribution in [1.82, 2.24) is 9.97 Å². The number of pyridine rings is 1. The molecule has 2 aromatic heterocycles. The van der Waals surface area contributed by atoms with Crippen molar-refractivity contribution in [2.45, 2.75) is 6.18 Å². The monoisotopic (exact) mass is 307 g/mol. The number of hydrogen-bond donors (Lipinski definition) is 1. The number of amides is 1. The predicted molar refractivity (Wildman–Crippen MR) is 64.3 cm³/mol.